The Kier molecular flexibility index (Phi) is 2.88. The molecule has 0 bridgehead atoms. The summed E-state index contributed by atoms with van der Waals surface area (Å²) in [6, 6.07) is 2.34. The van der Waals surface area contributed by atoms with Crippen molar-refractivity contribution in [1.29, 1.82) is 0 Å². The third-order valence-corrected chi connectivity index (χ3v) is 1.49. The molecule has 0 aliphatic rings. The van der Waals surface area contributed by atoms with Gasteiger partial charge >= 0.3 is 0 Å². The number of nitrogens with zero attached hydrogens (tertiary/aromatic N) is 2. The summed E-state index contributed by atoms with van der Waals surface area (Å²) < 4.78 is 0. The Bertz CT molecular complexity index is 315. The number of nitro groups is 1. The maximum absolute atomic E-state index is 10.3. The highest BCUT2D eigenvalue weighted by atomic mass is 16.6. The Morgan fingerprint density at radius 2 is 2.38 bits per heavy atom. The fourth-order valence-electron chi connectivity index (χ4n) is 0.826. The number of aliphatic hydroxyl groups excluding tert-OH is 2. The first-order valence-electron chi connectivity index (χ1n) is 3.54. The second kappa shape index (κ2) is 3.92. The molecule has 70 valence electrons. The lowest BCUT2D eigenvalue weighted by molar-refractivity contribution is -0.385. The van der Waals surface area contributed by atoms with Gasteiger partial charge in [0.15, 0.2) is 0 Å². The summed E-state index contributed by atoms with van der Waals surface area (Å²) in [5.41, 5.74) is -0.0609. The van der Waals surface area contributed by atoms with E-state index in [0.717, 1.165) is 6.07 Å². The molecule has 0 saturated heterocycles. The van der Waals surface area contributed by atoms with E-state index >= 15 is 0 Å². The lowest BCUT2D eigenvalue weighted by atomic mass is 10.2. The molecular weight excluding hydrogens is 176 g/mol. The van der Waals surface area contributed by atoms with Crippen LogP contribution in [0.3, 0.4) is 0 Å². The van der Waals surface area contributed by atoms with Gasteiger partial charge < -0.3 is 10.2 Å². The van der Waals surface area contributed by atoms with Crippen molar-refractivity contribution in [3.8, 4) is 0 Å². The Hall–Kier alpha value is -1.53. The van der Waals surface area contributed by atoms with E-state index in [1.54, 1.807) is 0 Å². The van der Waals surface area contributed by atoms with Gasteiger partial charge in [0.05, 0.1) is 17.2 Å². The van der Waals surface area contributed by atoms with E-state index in [4.69, 9.17) is 10.2 Å². The van der Waals surface area contributed by atoms with Gasteiger partial charge in [-0.2, -0.15) is 0 Å². The third kappa shape index (κ3) is 2.20. The minimum absolute atomic E-state index is 0.0942. The van der Waals surface area contributed by atoms with Gasteiger partial charge in [0.1, 0.15) is 6.10 Å². The molecule has 1 rings (SSSR count). The normalized spacial score (nSPS) is 12.5. The van der Waals surface area contributed by atoms with Gasteiger partial charge in [0, 0.05) is 18.3 Å². The molecule has 0 aliphatic heterocycles. The summed E-state index contributed by atoms with van der Waals surface area (Å²) >= 11 is 0. The van der Waals surface area contributed by atoms with E-state index in [1.807, 2.05) is 0 Å². The third-order valence-electron chi connectivity index (χ3n) is 1.49. The number of aliphatic hydroxyl groups is 2. The van der Waals surface area contributed by atoms with Crippen LogP contribution in [0.15, 0.2) is 18.3 Å². The number of pyridine rings is 1. The van der Waals surface area contributed by atoms with Crippen LogP contribution >= 0.6 is 0 Å². The lowest BCUT2D eigenvalue weighted by Crippen LogP contribution is -2.05. The number of rotatable bonds is 3. The van der Waals surface area contributed by atoms with E-state index < -0.39 is 17.6 Å². The van der Waals surface area contributed by atoms with E-state index in [-0.39, 0.29) is 11.4 Å². The molecule has 1 heterocycles. The van der Waals surface area contributed by atoms with E-state index in [9.17, 15) is 10.1 Å². The Balaban J connectivity index is 2.98. The quantitative estimate of drug-likeness (QED) is 0.509. The fourth-order valence-corrected chi connectivity index (χ4v) is 0.826. The van der Waals surface area contributed by atoms with Crippen molar-refractivity contribution < 1.29 is 15.1 Å². The molecule has 0 aromatic carbocycles. The lowest BCUT2D eigenvalue weighted by Gasteiger charge is -2.04. The molecule has 0 fully saturated rings. The van der Waals surface area contributed by atoms with Crippen LogP contribution in [0, 0.1) is 10.1 Å². The Morgan fingerprint density at radius 3 is 2.92 bits per heavy atom. The largest absolute Gasteiger partial charge is 0.393 e. The van der Waals surface area contributed by atoms with Crippen LogP contribution in [0.5, 0.6) is 0 Å². The van der Waals surface area contributed by atoms with Crippen LogP contribution in [-0.2, 0) is 0 Å². The molecule has 1 aromatic rings. The van der Waals surface area contributed by atoms with Crippen LogP contribution in [0.2, 0.25) is 0 Å². The minimum atomic E-state index is -1.17. The van der Waals surface area contributed by atoms with Crippen LogP contribution in [0.4, 0.5) is 5.69 Å². The van der Waals surface area contributed by atoms with Gasteiger partial charge in [-0.25, -0.2) is 0 Å². The molecule has 0 aliphatic carbocycles. The first-order chi connectivity index (χ1) is 6.15. The zero-order valence-corrected chi connectivity index (χ0v) is 6.62. The molecule has 2 N–H and O–H groups in total. The van der Waals surface area contributed by atoms with Gasteiger partial charge in [-0.05, 0) is 0 Å². The fraction of sp³-hybridized carbons (Fsp3) is 0.286. The van der Waals surface area contributed by atoms with Crippen molar-refractivity contribution in [3.05, 3.63) is 34.1 Å². The molecule has 6 heteroatoms. The maximum Gasteiger partial charge on any atom is 0.272 e. The monoisotopic (exact) mass is 184 g/mol. The molecule has 0 radical (unpaired) electrons. The highest BCUT2D eigenvalue weighted by Crippen LogP contribution is 2.15. The van der Waals surface area contributed by atoms with Crippen LogP contribution < -0.4 is 0 Å². The van der Waals surface area contributed by atoms with Crippen molar-refractivity contribution in [2.75, 3.05) is 6.61 Å². The number of hydrogen-bond donors (Lipinski definition) is 2. The van der Waals surface area contributed by atoms with Gasteiger partial charge in [-0.15, -0.1) is 0 Å². The predicted octanol–water partition coefficient (Wildman–Crippen LogP) is 0.0155. The second-order valence-electron chi connectivity index (χ2n) is 2.39. The number of aromatic nitrogens is 1. The molecule has 0 amide bonds. The number of hydrogen-bond acceptors (Lipinski definition) is 5. The molecule has 0 spiro atoms. The van der Waals surface area contributed by atoms with Crippen molar-refractivity contribution >= 4 is 5.69 Å². The SMILES string of the molecule is O=[N+]([O-])c1ccnc(C(O)CO)c1. The molecule has 0 saturated carbocycles. The summed E-state index contributed by atoms with van der Waals surface area (Å²) in [4.78, 5) is 13.4. The van der Waals surface area contributed by atoms with Crippen molar-refractivity contribution in [1.82, 2.24) is 4.98 Å². The summed E-state index contributed by atoms with van der Waals surface area (Å²) in [5, 5.41) is 28.0. The van der Waals surface area contributed by atoms with Crippen molar-refractivity contribution in [3.63, 3.8) is 0 Å². The Labute approximate surface area is 73.6 Å². The zero-order chi connectivity index (χ0) is 9.84. The molecule has 1 atom stereocenters. The highest BCUT2D eigenvalue weighted by Gasteiger charge is 2.12. The van der Waals surface area contributed by atoms with Gasteiger partial charge in [-0.1, -0.05) is 0 Å². The van der Waals surface area contributed by atoms with Crippen LogP contribution in [0.25, 0.3) is 0 Å². The molecule has 1 aromatic heterocycles. The molecule has 13 heavy (non-hydrogen) atoms. The first kappa shape index (κ1) is 9.56. The second-order valence-corrected chi connectivity index (χ2v) is 2.39. The summed E-state index contributed by atoms with van der Waals surface area (Å²) in [5.74, 6) is 0. The average Bonchev–Trinajstić information content (AvgIpc) is 2.17. The molecular formula is C7H8N2O4. The van der Waals surface area contributed by atoms with Crippen molar-refractivity contribution in [2.24, 2.45) is 0 Å². The van der Waals surface area contributed by atoms with Crippen molar-refractivity contribution in [2.45, 2.75) is 6.10 Å². The topological polar surface area (TPSA) is 96.5 Å². The summed E-state index contributed by atoms with van der Waals surface area (Å²) in [6.07, 6.45) is 0.0479. The zero-order valence-electron chi connectivity index (χ0n) is 6.62. The maximum atomic E-state index is 10.3. The standard InChI is InChI=1S/C7H8N2O4/c10-4-7(11)6-3-5(9(12)13)1-2-8-6/h1-3,7,10-11H,4H2. The summed E-state index contributed by atoms with van der Waals surface area (Å²) in [7, 11) is 0. The Morgan fingerprint density at radius 1 is 1.69 bits per heavy atom. The van der Waals surface area contributed by atoms with Crippen LogP contribution in [0.1, 0.15) is 11.8 Å². The smallest absolute Gasteiger partial charge is 0.272 e. The minimum Gasteiger partial charge on any atom is -0.393 e. The average molecular weight is 184 g/mol. The predicted molar refractivity (Wildman–Crippen MR) is 42.9 cm³/mol. The summed E-state index contributed by atoms with van der Waals surface area (Å²) in [6.45, 7) is -0.506. The van der Waals surface area contributed by atoms with E-state index in [2.05, 4.69) is 4.98 Å². The van der Waals surface area contributed by atoms with Gasteiger partial charge in [-0.3, -0.25) is 15.1 Å². The molecule has 6 nitrogen and oxygen atoms in total. The van der Waals surface area contributed by atoms with E-state index in [0.29, 0.717) is 0 Å². The molecule has 1 unspecified atom stereocenters. The first-order valence-corrected chi connectivity index (χ1v) is 3.54. The highest BCUT2D eigenvalue weighted by molar-refractivity contribution is 5.30. The van der Waals surface area contributed by atoms with Crippen LogP contribution in [-0.4, -0.2) is 26.7 Å². The van der Waals surface area contributed by atoms with Gasteiger partial charge in [0.25, 0.3) is 5.69 Å². The van der Waals surface area contributed by atoms with E-state index in [1.165, 1.54) is 12.3 Å². The van der Waals surface area contributed by atoms with Gasteiger partial charge in [0.2, 0.25) is 0 Å².